The van der Waals surface area contributed by atoms with Crippen molar-refractivity contribution in [2.45, 2.75) is 32.2 Å². The van der Waals surface area contributed by atoms with Gasteiger partial charge in [-0.1, -0.05) is 30.3 Å². The topological polar surface area (TPSA) is 32.8 Å². The molecule has 0 radical (unpaired) electrons. The molecule has 2 aromatic carbocycles. The average molecular weight is 364 g/mol. The van der Waals surface area contributed by atoms with Gasteiger partial charge in [-0.3, -0.25) is 9.69 Å². The van der Waals surface area contributed by atoms with Crippen molar-refractivity contribution in [2.75, 3.05) is 31.6 Å². The van der Waals surface area contributed by atoms with Crippen LogP contribution in [0.1, 0.15) is 30.4 Å². The lowest BCUT2D eigenvalue weighted by molar-refractivity contribution is -0.117. The molecule has 0 aliphatic carbocycles. The largest absolute Gasteiger partial charge is 0.497 e. The number of carbonyl (C=O) groups excluding carboxylic acids is 1. The van der Waals surface area contributed by atoms with Crippen LogP contribution in [-0.4, -0.2) is 37.6 Å². The third-order valence-electron chi connectivity index (χ3n) is 5.94. The second-order valence-electron chi connectivity index (χ2n) is 7.71. The number of benzene rings is 2. The minimum Gasteiger partial charge on any atom is -0.497 e. The van der Waals surface area contributed by atoms with Crippen LogP contribution in [0.3, 0.4) is 0 Å². The van der Waals surface area contributed by atoms with Crippen molar-refractivity contribution in [1.82, 2.24) is 4.90 Å². The van der Waals surface area contributed by atoms with E-state index in [1.807, 2.05) is 23.1 Å². The zero-order chi connectivity index (χ0) is 18.6. The van der Waals surface area contributed by atoms with Gasteiger partial charge < -0.3 is 9.64 Å². The Kier molecular flexibility index (Phi) is 5.44. The standard InChI is InChI=1S/C23H28N2O2/c1-27-21-7-8-22-20(15-21)16-23(26)25(22)14-11-18-9-12-24(13-10-18)17-19-5-3-2-4-6-19/h2-8,15,18H,9-14,16-17H2,1H3. The number of hydrogen-bond donors (Lipinski definition) is 0. The predicted octanol–water partition coefficient (Wildman–Crippen LogP) is 3.89. The fourth-order valence-corrected chi connectivity index (χ4v) is 4.32. The van der Waals surface area contributed by atoms with E-state index in [2.05, 4.69) is 35.2 Å². The van der Waals surface area contributed by atoms with Crippen LogP contribution in [0.15, 0.2) is 48.5 Å². The highest BCUT2D eigenvalue weighted by Crippen LogP contribution is 2.33. The first kappa shape index (κ1) is 18.1. The number of piperidine rings is 1. The van der Waals surface area contributed by atoms with Crippen LogP contribution in [0.2, 0.25) is 0 Å². The molecule has 0 bridgehead atoms. The zero-order valence-electron chi connectivity index (χ0n) is 16.1. The van der Waals surface area contributed by atoms with Gasteiger partial charge in [-0.2, -0.15) is 0 Å². The first-order chi connectivity index (χ1) is 13.2. The third-order valence-corrected chi connectivity index (χ3v) is 5.94. The lowest BCUT2D eigenvalue weighted by Gasteiger charge is -2.32. The number of rotatable bonds is 6. The van der Waals surface area contributed by atoms with Gasteiger partial charge in [0.15, 0.2) is 0 Å². The third kappa shape index (κ3) is 4.16. The van der Waals surface area contributed by atoms with E-state index in [-0.39, 0.29) is 5.91 Å². The Balaban J connectivity index is 1.28. The summed E-state index contributed by atoms with van der Waals surface area (Å²) >= 11 is 0. The maximum absolute atomic E-state index is 12.4. The summed E-state index contributed by atoms with van der Waals surface area (Å²) < 4.78 is 5.28. The van der Waals surface area contributed by atoms with E-state index >= 15 is 0 Å². The molecule has 1 fully saturated rings. The van der Waals surface area contributed by atoms with Crippen LogP contribution in [0.4, 0.5) is 5.69 Å². The number of carbonyl (C=O) groups is 1. The molecule has 0 spiro atoms. The minimum absolute atomic E-state index is 0.222. The molecule has 0 unspecified atom stereocenters. The van der Waals surface area contributed by atoms with Gasteiger partial charge in [0.05, 0.1) is 13.5 Å². The fraction of sp³-hybridized carbons (Fsp3) is 0.435. The van der Waals surface area contributed by atoms with Crippen LogP contribution in [0.25, 0.3) is 0 Å². The lowest BCUT2D eigenvalue weighted by atomic mass is 9.93. The number of anilines is 1. The molecule has 2 aliphatic heterocycles. The van der Waals surface area contributed by atoms with Gasteiger partial charge in [-0.15, -0.1) is 0 Å². The van der Waals surface area contributed by atoms with Crippen molar-refractivity contribution in [3.63, 3.8) is 0 Å². The summed E-state index contributed by atoms with van der Waals surface area (Å²) in [6.07, 6.45) is 4.05. The van der Waals surface area contributed by atoms with Crippen LogP contribution in [-0.2, 0) is 17.8 Å². The van der Waals surface area contributed by atoms with Crippen molar-refractivity contribution < 1.29 is 9.53 Å². The molecular formula is C23H28N2O2. The highest BCUT2D eigenvalue weighted by Gasteiger charge is 2.28. The molecule has 142 valence electrons. The van der Waals surface area contributed by atoms with Gasteiger partial charge in [-0.25, -0.2) is 0 Å². The van der Waals surface area contributed by atoms with E-state index in [0.717, 1.165) is 49.6 Å². The molecule has 0 saturated carbocycles. The van der Waals surface area contributed by atoms with Crippen molar-refractivity contribution in [2.24, 2.45) is 5.92 Å². The van der Waals surface area contributed by atoms with Crippen LogP contribution in [0, 0.1) is 5.92 Å². The van der Waals surface area contributed by atoms with E-state index in [1.165, 1.54) is 18.4 Å². The van der Waals surface area contributed by atoms with Crippen LogP contribution >= 0.6 is 0 Å². The molecule has 1 amide bonds. The minimum atomic E-state index is 0.222. The Morgan fingerprint density at radius 2 is 1.85 bits per heavy atom. The fourth-order valence-electron chi connectivity index (χ4n) is 4.32. The van der Waals surface area contributed by atoms with E-state index in [4.69, 9.17) is 4.74 Å². The van der Waals surface area contributed by atoms with E-state index in [1.54, 1.807) is 7.11 Å². The Hall–Kier alpha value is -2.33. The number of ether oxygens (including phenoxy) is 1. The summed E-state index contributed by atoms with van der Waals surface area (Å²) in [5.74, 6) is 1.76. The Labute approximate surface area is 161 Å². The summed E-state index contributed by atoms with van der Waals surface area (Å²) in [5, 5.41) is 0. The van der Waals surface area contributed by atoms with Crippen LogP contribution < -0.4 is 9.64 Å². The number of nitrogens with zero attached hydrogens (tertiary/aromatic N) is 2. The normalized spacial score (nSPS) is 18.0. The SMILES string of the molecule is COc1ccc2c(c1)CC(=O)N2CCC1CCN(Cc2ccccc2)CC1. The van der Waals surface area contributed by atoms with Gasteiger partial charge in [0, 0.05) is 18.8 Å². The number of likely N-dealkylation sites (tertiary alicyclic amines) is 1. The second kappa shape index (κ2) is 8.13. The highest BCUT2D eigenvalue weighted by atomic mass is 16.5. The van der Waals surface area contributed by atoms with Crippen LogP contribution in [0.5, 0.6) is 5.75 Å². The maximum atomic E-state index is 12.4. The van der Waals surface area contributed by atoms with Gasteiger partial charge >= 0.3 is 0 Å². The number of methoxy groups -OCH3 is 1. The smallest absolute Gasteiger partial charge is 0.231 e. The van der Waals surface area contributed by atoms with Crippen molar-refractivity contribution in [3.8, 4) is 5.75 Å². The predicted molar refractivity (Wildman–Crippen MR) is 108 cm³/mol. The molecule has 27 heavy (non-hydrogen) atoms. The highest BCUT2D eigenvalue weighted by molar-refractivity contribution is 6.01. The molecule has 0 aromatic heterocycles. The summed E-state index contributed by atoms with van der Waals surface area (Å²) in [7, 11) is 1.67. The molecule has 0 atom stereocenters. The summed E-state index contributed by atoms with van der Waals surface area (Å²) in [6.45, 7) is 4.19. The zero-order valence-corrected chi connectivity index (χ0v) is 16.1. The second-order valence-corrected chi connectivity index (χ2v) is 7.71. The van der Waals surface area contributed by atoms with E-state index in [9.17, 15) is 4.79 Å². The Morgan fingerprint density at radius 3 is 2.59 bits per heavy atom. The summed E-state index contributed by atoms with van der Waals surface area (Å²) in [5.41, 5.74) is 3.56. The van der Waals surface area contributed by atoms with Crippen molar-refractivity contribution in [1.29, 1.82) is 0 Å². The molecule has 4 nitrogen and oxygen atoms in total. The maximum Gasteiger partial charge on any atom is 0.231 e. The molecule has 1 saturated heterocycles. The summed E-state index contributed by atoms with van der Waals surface area (Å²) in [4.78, 5) is 17.0. The Bertz CT molecular complexity index is 782. The molecule has 0 N–H and O–H groups in total. The molecule has 2 aromatic rings. The molecular weight excluding hydrogens is 336 g/mol. The van der Waals surface area contributed by atoms with Gasteiger partial charge in [0.1, 0.15) is 5.75 Å². The van der Waals surface area contributed by atoms with Crippen molar-refractivity contribution in [3.05, 3.63) is 59.7 Å². The number of hydrogen-bond acceptors (Lipinski definition) is 3. The van der Waals surface area contributed by atoms with Gasteiger partial charge in [0.25, 0.3) is 0 Å². The molecule has 4 rings (SSSR count). The first-order valence-electron chi connectivity index (χ1n) is 9.96. The van der Waals surface area contributed by atoms with Crippen molar-refractivity contribution >= 4 is 11.6 Å². The van der Waals surface area contributed by atoms with E-state index < -0.39 is 0 Å². The molecule has 2 aliphatic rings. The summed E-state index contributed by atoms with van der Waals surface area (Å²) in [6, 6.07) is 16.7. The molecule has 4 heteroatoms. The Morgan fingerprint density at radius 1 is 1.07 bits per heavy atom. The number of fused-ring (bicyclic) bond motifs is 1. The first-order valence-corrected chi connectivity index (χ1v) is 9.96. The van der Waals surface area contributed by atoms with E-state index in [0.29, 0.717) is 12.3 Å². The quantitative estimate of drug-likeness (QED) is 0.780. The van der Waals surface area contributed by atoms with Gasteiger partial charge in [-0.05, 0) is 67.6 Å². The monoisotopic (exact) mass is 364 g/mol. The number of amides is 1. The average Bonchev–Trinajstić information content (AvgIpc) is 3.02. The lowest BCUT2D eigenvalue weighted by Crippen LogP contribution is -2.35. The van der Waals surface area contributed by atoms with Gasteiger partial charge in [0.2, 0.25) is 5.91 Å². The molecule has 2 heterocycles.